The van der Waals surface area contributed by atoms with Gasteiger partial charge in [-0.25, -0.2) is 17.9 Å². The molecule has 0 spiro atoms. The summed E-state index contributed by atoms with van der Waals surface area (Å²) in [5.74, 6) is -1.17. The highest BCUT2D eigenvalue weighted by molar-refractivity contribution is 6.04. The van der Waals surface area contributed by atoms with Crippen LogP contribution in [0.3, 0.4) is 0 Å². The van der Waals surface area contributed by atoms with Gasteiger partial charge in [0.05, 0.1) is 34.9 Å². The van der Waals surface area contributed by atoms with E-state index in [9.17, 15) is 22.8 Å². The molecule has 39 heavy (non-hydrogen) atoms. The standard InChI is InChI=1S/C30H27F3N4O2/c1-30(16-25(32)33)27(35-28(38)19-7-8-19)26(18-5-3-2-4-6-18)36(29(30)39)23-13-14-24-20(15-23)17-34-37(24)22-11-9-21(31)10-12-22/h2-6,9-15,17,19,25-27H,7-8,16H2,1H3,(H,35,38)/t26-,27?,30+/m1/s1. The Balaban J connectivity index is 1.46. The SMILES string of the molecule is C[C@@]1(CC(F)F)C(=O)N(c2ccc3c(cnn3-c3ccc(F)cc3)c2)[C@H](c2ccccc2)C1NC(=O)C1CC1. The lowest BCUT2D eigenvalue weighted by Gasteiger charge is -2.32. The third-order valence-corrected chi connectivity index (χ3v) is 7.85. The number of nitrogens with zero attached hydrogens (tertiary/aromatic N) is 3. The van der Waals surface area contributed by atoms with Crippen LogP contribution in [0, 0.1) is 17.2 Å². The predicted molar refractivity (Wildman–Crippen MR) is 141 cm³/mol. The van der Waals surface area contributed by atoms with Crippen LogP contribution in [0.2, 0.25) is 0 Å². The first-order chi connectivity index (χ1) is 18.8. The van der Waals surface area contributed by atoms with Gasteiger partial charge in [0.25, 0.3) is 0 Å². The number of hydrogen-bond acceptors (Lipinski definition) is 3. The molecule has 1 unspecified atom stereocenters. The van der Waals surface area contributed by atoms with E-state index in [1.165, 1.54) is 19.1 Å². The fourth-order valence-corrected chi connectivity index (χ4v) is 5.65. The van der Waals surface area contributed by atoms with Crippen LogP contribution in [0.5, 0.6) is 0 Å². The molecule has 2 amide bonds. The van der Waals surface area contributed by atoms with Gasteiger partial charge in [-0.3, -0.25) is 9.59 Å². The second-order valence-corrected chi connectivity index (χ2v) is 10.6. The molecule has 0 bridgehead atoms. The van der Waals surface area contributed by atoms with Gasteiger partial charge in [0.15, 0.2) is 0 Å². The molecule has 3 atom stereocenters. The van der Waals surface area contributed by atoms with E-state index in [4.69, 9.17) is 0 Å². The lowest BCUT2D eigenvalue weighted by atomic mass is 9.77. The number of rotatable bonds is 7. The average molecular weight is 533 g/mol. The van der Waals surface area contributed by atoms with Crippen molar-refractivity contribution in [3.05, 3.63) is 90.4 Å². The maximum atomic E-state index is 14.1. The maximum absolute atomic E-state index is 14.1. The second-order valence-electron chi connectivity index (χ2n) is 10.6. The van der Waals surface area contributed by atoms with Crippen molar-refractivity contribution in [2.24, 2.45) is 11.3 Å². The van der Waals surface area contributed by atoms with Crippen LogP contribution in [-0.4, -0.2) is 34.1 Å². The monoisotopic (exact) mass is 532 g/mol. The van der Waals surface area contributed by atoms with Crippen LogP contribution in [0.1, 0.15) is 37.8 Å². The number of carbonyl (C=O) groups is 2. The minimum Gasteiger partial charge on any atom is -0.350 e. The molecule has 1 saturated heterocycles. The van der Waals surface area contributed by atoms with Gasteiger partial charge in [-0.1, -0.05) is 30.3 Å². The number of halogens is 3. The Kier molecular flexibility index (Phi) is 6.16. The summed E-state index contributed by atoms with van der Waals surface area (Å²) in [5, 5.41) is 8.16. The molecule has 4 aromatic rings. The zero-order chi connectivity index (χ0) is 27.3. The molecule has 1 N–H and O–H groups in total. The largest absolute Gasteiger partial charge is 0.350 e. The molecule has 9 heteroatoms. The molecule has 6 nitrogen and oxygen atoms in total. The quantitative estimate of drug-likeness (QED) is 0.327. The summed E-state index contributed by atoms with van der Waals surface area (Å²) in [6, 6.07) is 19.0. The van der Waals surface area contributed by atoms with Gasteiger partial charge in [-0.2, -0.15) is 5.10 Å². The molecular formula is C30H27F3N4O2. The van der Waals surface area contributed by atoms with Crippen LogP contribution < -0.4 is 10.2 Å². The zero-order valence-electron chi connectivity index (χ0n) is 21.2. The van der Waals surface area contributed by atoms with Gasteiger partial charge in [-0.05, 0) is 67.8 Å². The van der Waals surface area contributed by atoms with E-state index in [0.717, 1.165) is 29.3 Å². The summed E-state index contributed by atoms with van der Waals surface area (Å²) in [7, 11) is 0. The van der Waals surface area contributed by atoms with E-state index in [0.29, 0.717) is 11.4 Å². The normalized spacial score (nSPS) is 23.1. The summed E-state index contributed by atoms with van der Waals surface area (Å²) < 4.78 is 43.0. The van der Waals surface area contributed by atoms with Crippen molar-refractivity contribution in [1.29, 1.82) is 0 Å². The lowest BCUT2D eigenvalue weighted by Crippen LogP contribution is -2.49. The lowest BCUT2D eigenvalue weighted by molar-refractivity contribution is -0.129. The highest BCUT2D eigenvalue weighted by Crippen LogP contribution is 2.50. The molecule has 6 rings (SSSR count). The van der Waals surface area contributed by atoms with E-state index < -0.39 is 36.3 Å². The number of alkyl halides is 2. The fourth-order valence-electron chi connectivity index (χ4n) is 5.65. The molecule has 2 aliphatic rings. The fraction of sp³-hybridized carbons (Fsp3) is 0.300. The van der Waals surface area contributed by atoms with Crippen molar-refractivity contribution in [2.75, 3.05) is 4.90 Å². The summed E-state index contributed by atoms with van der Waals surface area (Å²) >= 11 is 0. The predicted octanol–water partition coefficient (Wildman–Crippen LogP) is 5.81. The van der Waals surface area contributed by atoms with Crippen LogP contribution in [-0.2, 0) is 9.59 Å². The molecule has 1 aliphatic carbocycles. The van der Waals surface area contributed by atoms with Crippen molar-refractivity contribution >= 4 is 28.4 Å². The second kappa shape index (κ2) is 9.55. The van der Waals surface area contributed by atoms with Crippen LogP contribution in [0.25, 0.3) is 16.6 Å². The van der Waals surface area contributed by atoms with Gasteiger partial charge >= 0.3 is 0 Å². The average Bonchev–Trinajstić information content (AvgIpc) is 3.66. The Hall–Kier alpha value is -4.14. The first kappa shape index (κ1) is 25.2. The highest BCUT2D eigenvalue weighted by atomic mass is 19.3. The van der Waals surface area contributed by atoms with Gasteiger partial charge < -0.3 is 10.2 Å². The van der Waals surface area contributed by atoms with E-state index in [1.807, 2.05) is 30.3 Å². The minimum absolute atomic E-state index is 0.143. The molecule has 2 heterocycles. The Morgan fingerprint density at radius 3 is 2.41 bits per heavy atom. The maximum Gasteiger partial charge on any atom is 0.239 e. The Labute approximate surface area is 223 Å². The molecule has 0 radical (unpaired) electrons. The first-order valence-electron chi connectivity index (χ1n) is 13.0. The molecule has 1 aliphatic heterocycles. The summed E-state index contributed by atoms with van der Waals surface area (Å²) in [5.41, 5.74) is 1.15. The Morgan fingerprint density at radius 2 is 1.74 bits per heavy atom. The minimum atomic E-state index is -2.73. The number of amides is 2. The van der Waals surface area contributed by atoms with Crippen LogP contribution in [0.4, 0.5) is 18.9 Å². The summed E-state index contributed by atoms with van der Waals surface area (Å²) in [6.07, 6.45) is -0.247. The molecule has 1 saturated carbocycles. The molecule has 1 aromatic heterocycles. The number of aromatic nitrogens is 2. The number of fused-ring (bicyclic) bond motifs is 1. The molecule has 200 valence electrons. The van der Waals surface area contributed by atoms with Gasteiger partial charge in [-0.15, -0.1) is 0 Å². The third kappa shape index (κ3) is 4.45. The van der Waals surface area contributed by atoms with E-state index in [2.05, 4.69) is 10.4 Å². The van der Waals surface area contributed by atoms with Crippen LogP contribution in [0.15, 0.2) is 79.0 Å². The number of carbonyl (C=O) groups excluding carboxylic acids is 2. The molecular weight excluding hydrogens is 505 g/mol. The van der Waals surface area contributed by atoms with Crippen molar-refractivity contribution in [3.63, 3.8) is 0 Å². The summed E-state index contributed by atoms with van der Waals surface area (Å²) in [6.45, 7) is 1.53. The third-order valence-electron chi connectivity index (χ3n) is 7.85. The van der Waals surface area contributed by atoms with E-state index >= 15 is 0 Å². The first-order valence-corrected chi connectivity index (χ1v) is 13.0. The van der Waals surface area contributed by atoms with Gasteiger partial charge in [0.2, 0.25) is 18.2 Å². The zero-order valence-corrected chi connectivity index (χ0v) is 21.2. The number of anilines is 1. The molecule has 3 aromatic carbocycles. The van der Waals surface area contributed by atoms with Crippen LogP contribution >= 0.6 is 0 Å². The summed E-state index contributed by atoms with van der Waals surface area (Å²) in [4.78, 5) is 28.6. The van der Waals surface area contributed by atoms with Crippen molar-refractivity contribution in [3.8, 4) is 5.69 Å². The smallest absolute Gasteiger partial charge is 0.239 e. The Morgan fingerprint density at radius 1 is 1.05 bits per heavy atom. The van der Waals surface area contributed by atoms with Gasteiger partial charge in [0.1, 0.15) is 5.82 Å². The Bertz CT molecular complexity index is 1540. The topological polar surface area (TPSA) is 67.2 Å². The number of benzene rings is 3. The van der Waals surface area contributed by atoms with E-state index in [1.54, 1.807) is 46.1 Å². The van der Waals surface area contributed by atoms with E-state index in [-0.39, 0.29) is 17.6 Å². The highest BCUT2D eigenvalue weighted by Gasteiger charge is 2.59. The molecule has 2 fully saturated rings. The van der Waals surface area contributed by atoms with Gasteiger partial charge in [0, 0.05) is 23.4 Å². The van der Waals surface area contributed by atoms with Crippen molar-refractivity contribution < 1.29 is 22.8 Å². The number of nitrogens with one attached hydrogen (secondary N) is 1. The van der Waals surface area contributed by atoms with Crippen molar-refractivity contribution in [2.45, 2.75) is 44.7 Å². The van der Waals surface area contributed by atoms with Crippen molar-refractivity contribution in [1.82, 2.24) is 15.1 Å². The number of hydrogen-bond donors (Lipinski definition) is 1.